The zero-order valence-corrected chi connectivity index (χ0v) is 15.7. The van der Waals surface area contributed by atoms with Crippen molar-refractivity contribution in [2.75, 3.05) is 0 Å². The highest BCUT2D eigenvalue weighted by Crippen LogP contribution is 2.32. The molecule has 0 aliphatic heterocycles. The van der Waals surface area contributed by atoms with Crippen molar-refractivity contribution in [3.63, 3.8) is 0 Å². The molecule has 0 unspecified atom stereocenters. The molecule has 0 bridgehead atoms. The van der Waals surface area contributed by atoms with Crippen molar-refractivity contribution in [2.45, 2.75) is 27.2 Å². The number of carboxylic acids is 1. The van der Waals surface area contributed by atoms with E-state index in [4.69, 9.17) is 0 Å². The summed E-state index contributed by atoms with van der Waals surface area (Å²) in [6.07, 6.45) is 0.680. The summed E-state index contributed by atoms with van der Waals surface area (Å²) < 4.78 is 0. The highest BCUT2D eigenvalue weighted by molar-refractivity contribution is 6.15. The van der Waals surface area contributed by atoms with Gasteiger partial charge in [-0.3, -0.25) is 4.79 Å². The largest absolute Gasteiger partial charge is 0.478 e. The molecular formula is C24H22O3. The quantitative estimate of drug-likeness (QED) is 0.616. The molecule has 0 aliphatic carbocycles. The van der Waals surface area contributed by atoms with Crippen LogP contribution in [0.3, 0.4) is 0 Å². The summed E-state index contributed by atoms with van der Waals surface area (Å²) >= 11 is 0. The maximum atomic E-state index is 13.2. The Morgan fingerprint density at radius 3 is 2.04 bits per heavy atom. The number of hydrogen-bond acceptors (Lipinski definition) is 2. The maximum Gasteiger partial charge on any atom is 0.336 e. The molecule has 0 aromatic heterocycles. The molecule has 3 aromatic rings. The lowest BCUT2D eigenvalue weighted by molar-refractivity contribution is 0.0693. The first-order valence-electron chi connectivity index (χ1n) is 9.01. The van der Waals surface area contributed by atoms with Gasteiger partial charge in [-0.1, -0.05) is 61.5 Å². The first-order valence-corrected chi connectivity index (χ1v) is 9.01. The van der Waals surface area contributed by atoms with Gasteiger partial charge in [0.25, 0.3) is 0 Å². The van der Waals surface area contributed by atoms with Gasteiger partial charge in [0.2, 0.25) is 0 Å². The predicted molar refractivity (Wildman–Crippen MR) is 108 cm³/mol. The van der Waals surface area contributed by atoms with Gasteiger partial charge in [-0.2, -0.15) is 0 Å². The molecule has 0 atom stereocenters. The number of rotatable bonds is 5. The lowest BCUT2D eigenvalue weighted by Crippen LogP contribution is -2.12. The summed E-state index contributed by atoms with van der Waals surface area (Å²) in [4.78, 5) is 24.8. The monoisotopic (exact) mass is 358 g/mol. The summed E-state index contributed by atoms with van der Waals surface area (Å²) in [6, 6.07) is 18.2. The average Bonchev–Trinajstić information content (AvgIpc) is 2.68. The van der Waals surface area contributed by atoms with E-state index in [0.717, 1.165) is 16.7 Å². The second kappa shape index (κ2) is 7.58. The number of aryl methyl sites for hydroxylation is 1. The van der Waals surface area contributed by atoms with Gasteiger partial charge in [-0.25, -0.2) is 4.79 Å². The fourth-order valence-corrected chi connectivity index (χ4v) is 3.49. The van der Waals surface area contributed by atoms with Crippen LogP contribution in [-0.4, -0.2) is 16.9 Å². The van der Waals surface area contributed by atoms with E-state index in [1.165, 1.54) is 17.2 Å². The minimum atomic E-state index is -1.09. The second-order valence-electron chi connectivity index (χ2n) is 6.61. The van der Waals surface area contributed by atoms with Crippen LogP contribution in [0.25, 0.3) is 11.1 Å². The Kier molecular flexibility index (Phi) is 5.22. The second-order valence-corrected chi connectivity index (χ2v) is 6.61. The SMILES string of the molecule is CCc1c(C(=O)c2ccccc2C(=O)O)cccc1-c1cccc(C)c1C. The van der Waals surface area contributed by atoms with E-state index < -0.39 is 5.97 Å². The van der Waals surface area contributed by atoms with E-state index in [0.29, 0.717) is 12.0 Å². The molecule has 0 amide bonds. The number of carbonyl (C=O) groups is 2. The van der Waals surface area contributed by atoms with Gasteiger partial charge in [-0.15, -0.1) is 0 Å². The molecule has 0 radical (unpaired) electrons. The van der Waals surface area contributed by atoms with E-state index in [1.807, 2.05) is 25.1 Å². The van der Waals surface area contributed by atoms with Crippen molar-refractivity contribution in [2.24, 2.45) is 0 Å². The van der Waals surface area contributed by atoms with Crippen LogP contribution in [0.4, 0.5) is 0 Å². The van der Waals surface area contributed by atoms with E-state index in [2.05, 4.69) is 26.0 Å². The van der Waals surface area contributed by atoms with Crippen LogP contribution in [0, 0.1) is 13.8 Å². The van der Waals surface area contributed by atoms with Gasteiger partial charge < -0.3 is 5.11 Å². The molecule has 0 saturated carbocycles. The molecule has 0 fully saturated rings. The van der Waals surface area contributed by atoms with E-state index >= 15 is 0 Å². The lowest BCUT2D eigenvalue weighted by atomic mass is 9.87. The topological polar surface area (TPSA) is 54.4 Å². The molecular weight excluding hydrogens is 336 g/mol. The van der Waals surface area contributed by atoms with Crippen molar-refractivity contribution in [3.8, 4) is 11.1 Å². The van der Waals surface area contributed by atoms with Crippen LogP contribution in [-0.2, 0) is 6.42 Å². The highest BCUT2D eigenvalue weighted by Gasteiger charge is 2.21. The highest BCUT2D eigenvalue weighted by atomic mass is 16.4. The van der Waals surface area contributed by atoms with Gasteiger partial charge >= 0.3 is 5.97 Å². The number of aromatic carboxylic acids is 1. The molecule has 3 aromatic carbocycles. The van der Waals surface area contributed by atoms with Crippen molar-refractivity contribution in [3.05, 3.63) is 94.0 Å². The normalized spacial score (nSPS) is 10.6. The third kappa shape index (κ3) is 3.41. The third-order valence-corrected chi connectivity index (χ3v) is 5.07. The van der Waals surface area contributed by atoms with Gasteiger partial charge in [0.1, 0.15) is 0 Å². The van der Waals surface area contributed by atoms with Crippen LogP contribution in [0.2, 0.25) is 0 Å². The lowest BCUT2D eigenvalue weighted by Gasteiger charge is -2.16. The fourth-order valence-electron chi connectivity index (χ4n) is 3.49. The molecule has 3 rings (SSSR count). The third-order valence-electron chi connectivity index (χ3n) is 5.07. The number of carboxylic acid groups (broad SMARTS) is 1. The summed E-state index contributed by atoms with van der Waals surface area (Å²) in [5, 5.41) is 9.44. The first-order chi connectivity index (χ1) is 13.0. The van der Waals surface area contributed by atoms with Crippen LogP contribution < -0.4 is 0 Å². The number of hydrogen-bond donors (Lipinski definition) is 1. The minimum Gasteiger partial charge on any atom is -0.478 e. The van der Waals surface area contributed by atoms with Crippen molar-refractivity contribution in [1.82, 2.24) is 0 Å². The van der Waals surface area contributed by atoms with E-state index in [-0.39, 0.29) is 16.9 Å². The Morgan fingerprint density at radius 2 is 1.37 bits per heavy atom. The number of ketones is 1. The zero-order valence-electron chi connectivity index (χ0n) is 15.7. The molecule has 0 spiro atoms. The van der Waals surface area contributed by atoms with E-state index in [9.17, 15) is 14.7 Å². The van der Waals surface area contributed by atoms with Crippen LogP contribution >= 0.6 is 0 Å². The molecule has 27 heavy (non-hydrogen) atoms. The average molecular weight is 358 g/mol. The number of carbonyl (C=O) groups excluding carboxylic acids is 1. The first kappa shape index (κ1) is 18.6. The fraction of sp³-hybridized carbons (Fsp3) is 0.167. The Hall–Kier alpha value is -3.20. The van der Waals surface area contributed by atoms with Crippen molar-refractivity contribution >= 4 is 11.8 Å². The Bertz CT molecular complexity index is 1030. The van der Waals surface area contributed by atoms with Gasteiger partial charge in [0, 0.05) is 11.1 Å². The molecule has 0 saturated heterocycles. The van der Waals surface area contributed by atoms with Crippen LogP contribution in [0.1, 0.15) is 49.9 Å². The van der Waals surface area contributed by atoms with Gasteiger partial charge in [-0.05, 0) is 54.2 Å². The molecule has 1 N–H and O–H groups in total. The number of benzene rings is 3. The maximum absolute atomic E-state index is 13.2. The Labute approximate surface area is 159 Å². The summed E-state index contributed by atoms with van der Waals surface area (Å²) in [5.41, 5.74) is 6.26. The van der Waals surface area contributed by atoms with Crippen LogP contribution in [0.5, 0.6) is 0 Å². The molecule has 0 heterocycles. The van der Waals surface area contributed by atoms with Crippen molar-refractivity contribution < 1.29 is 14.7 Å². The van der Waals surface area contributed by atoms with Crippen LogP contribution in [0.15, 0.2) is 60.7 Å². The van der Waals surface area contributed by atoms with E-state index in [1.54, 1.807) is 24.3 Å². The zero-order chi connectivity index (χ0) is 19.6. The Morgan fingerprint density at radius 1 is 0.778 bits per heavy atom. The van der Waals surface area contributed by atoms with Gasteiger partial charge in [0.15, 0.2) is 5.78 Å². The standard InChI is InChI=1S/C24H22O3/c1-4-17-19(18-12-7-9-15(2)16(18)3)13-8-14-20(17)23(25)21-10-5-6-11-22(21)24(26)27/h5-14H,4H2,1-3H3,(H,26,27). The van der Waals surface area contributed by atoms with Crippen molar-refractivity contribution in [1.29, 1.82) is 0 Å². The smallest absolute Gasteiger partial charge is 0.336 e. The summed E-state index contributed by atoms with van der Waals surface area (Å²) in [6.45, 7) is 6.17. The summed E-state index contributed by atoms with van der Waals surface area (Å²) in [5.74, 6) is -1.35. The molecule has 3 heteroatoms. The summed E-state index contributed by atoms with van der Waals surface area (Å²) in [7, 11) is 0. The molecule has 3 nitrogen and oxygen atoms in total. The Balaban J connectivity index is 2.20. The molecule has 0 aliphatic rings. The predicted octanol–water partition coefficient (Wildman–Crippen LogP) is 5.46. The minimum absolute atomic E-state index is 0.0293. The van der Waals surface area contributed by atoms with Gasteiger partial charge in [0.05, 0.1) is 5.56 Å². The molecule has 136 valence electrons.